The smallest absolute Gasteiger partial charge is 0.0596 e. The van der Waals surface area contributed by atoms with Crippen LogP contribution in [0.5, 0.6) is 0 Å². The first kappa shape index (κ1) is 13.1. The van der Waals surface area contributed by atoms with Gasteiger partial charge in [0.1, 0.15) is 0 Å². The van der Waals surface area contributed by atoms with Crippen LogP contribution in [-0.2, 0) is 6.42 Å². The summed E-state index contributed by atoms with van der Waals surface area (Å²) >= 11 is 11.4. The Morgan fingerprint density at radius 2 is 2.24 bits per heavy atom. The molecule has 3 N–H and O–H groups in total. The van der Waals surface area contributed by atoms with Gasteiger partial charge in [0.15, 0.2) is 0 Å². The van der Waals surface area contributed by atoms with E-state index in [1.54, 1.807) is 11.3 Å². The summed E-state index contributed by atoms with van der Waals surface area (Å²) < 4.78 is 0.891. The van der Waals surface area contributed by atoms with Gasteiger partial charge in [-0.05, 0) is 56.4 Å². The van der Waals surface area contributed by atoms with Gasteiger partial charge in [0, 0.05) is 4.47 Å². The summed E-state index contributed by atoms with van der Waals surface area (Å²) in [7, 11) is 0. The van der Waals surface area contributed by atoms with E-state index in [1.165, 1.54) is 5.56 Å². The lowest BCUT2D eigenvalue weighted by molar-refractivity contribution is 0.552. The minimum Gasteiger partial charge on any atom is -0.271 e. The zero-order valence-electron chi connectivity index (χ0n) is 8.99. The lowest BCUT2D eigenvalue weighted by Crippen LogP contribution is -2.29. The summed E-state index contributed by atoms with van der Waals surface area (Å²) in [4.78, 5) is 0. The van der Waals surface area contributed by atoms with E-state index in [2.05, 4.69) is 38.2 Å². The van der Waals surface area contributed by atoms with Gasteiger partial charge in [-0.1, -0.05) is 23.7 Å². The molecule has 17 heavy (non-hydrogen) atoms. The maximum absolute atomic E-state index is 6.27. The Hall–Kier alpha value is -0.390. The van der Waals surface area contributed by atoms with Crippen LogP contribution in [0.2, 0.25) is 5.02 Å². The number of hydrogen-bond donors (Lipinski definition) is 2. The maximum Gasteiger partial charge on any atom is 0.0596 e. The second kappa shape index (κ2) is 5.98. The summed E-state index contributed by atoms with van der Waals surface area (Å²) in [5, 5.41) is 4.90. The van der Waals surface area contributed by atoms with Crippen LogP contribution < -0.4 is 11.3 Å². The fourth-order valence-electron chi connectivity index (χ4n) is 1.69. The van der Waals surface area contributed by atoms with Crippen LogP contribution in [-0.4, -0.2) is 0 Å². The van der Waals surface area contributed by atoms with Crippen molar-refractivity contribution >= 4 is 38.9 Å². The van der Waals surface area contributed by atoms with E-state index in [0.29, 0.717) is 5.02 Å². The number of benzene rings is 1. The Morgan fingerprint density at radius 3 is 2.88 bits per heavy atom. The third kappa shape index (κ3) is 3.09. The highest BCUT2D eigenvalue weighted by molar-refractivity contribution is 9.10. The van der Waals surface area contributed by atoms with E-state index in [9.17, 15) is 0 Å². The van der Waals surface area contributed by atoms with Crippen molar-refractivity contribution in [3.63, 3.8) is 0 Å². The standard InChI is InChI=1S/C12H12BrClN2S/c13-10-3-1-2-9(12(10)14)11(16-15)6-8-4-5-17-7-8/h1-5,7,11,16H,6,15H2. The highest BCUT2D eigenvalue weighted by atomic mass is 79.9. The summed E-state index contributed by atoms with van der Waals surface area (Å²) in [6, 6.07) is 7.99. The molecule has 0 spiro atoms. The molecule has 5 heteroatoms. The minimum atomic E-state index is 0.0228. The second-order valence-corrected chi connectivity index (χ2v) is 5.71. The van der Waals surface area contributed by atoms with Crippen molar-refractivity contribution in [2.45, 2.75) is 12.5 Å². The highest BCUT2D eigenvalue weighted by Crippen LogP contribution is 2.31. The van der Waals surface area contributed by atoms with Crippen LogP contribution in [0, 0.1) is 0 Å². The van der Waals surface area contributed by atoms with Crippen LogP contribution in [0.15, 0.2) is 39.5 Å². The molecule has 0 saturated carbocycles. The Kier molecular flexibility index (Phi) is 4.59. The fourth-order valence-corrected chi connectivity index (χ4v) is 3.01. The number of nitrogens with two attached hydrogens (primary N) is 1. The Bertz CT molecular complexity index is 487. The Morgan fingerprint density at radius 1 is 1.41 bits per heavy atom. The molecule has 0 amide bonds. The molecule has 0 aliphatic heterocycles. The van der Waals surface area contributed by atoms with E-state index in [4.69, 9.17) is 17.4 Å². The van der Waals surface area contributed by atoms with Gasteiger partial charge in [-0.15, -0.1) is 0 Å². The van der Waals surface area contributed by atoms with Crippen LogP contribution in [0.4, 0.5) is 0 Å². The van der Waals surface area contributed by atoms with E-state index in [1.807, 2.05) is 18.2 Å². The predicted octanol–water partition coefficient (Wildman–Crippen LogP) is 3.91. The number of thiophene rings is 1. The topological polar surface area (TPSA) is 38.0 Å². The number of hydrazine groups is 1. The molecule has 2 nitrogen and oxygen atoms in total. The molecular formula is C12H12BrClN2S. The first-order valence-corrected chi connectivity index (χ1v) is 7.25. The Labute approximate surface area is 118 Å². The molecule has 0 bridgehead atoms. The van der Waals surface area contributed by atoms with Crippen LogP contribution in [0.1, 0.15) is 17.2 Å². The molecule has 0 saturated heterocycles. The number of rotatable bonds is 4. The monoisotopic (exact) mass is 330 g/mol. The van der Waals surface area contributed by atoms with Crippen molar-refractivity contribution in [2.24, 2.45) is 5.84 Å². The van der Waals surface area contributed by atoms with Gasteiger partial charge in [0.05, 0.1) is 11.1 Å². The largest absolute Gasteiger partial charge is 0.271 e. The summed E-state index contributed by atoms with van der Waals surface area (Å²) in [5.41, 5.74) is 5.09. The number of nitrogens with one attached hydrogen (secondary N) is 1. The normalized spacial score (nSPS) is 12.6. The lowest BCUT2D eigenvalue weighted by Gasteiger charge is -2.17. The van der Waals surface area contributed by atoms with E-state index in [0.717, 1.165) is 16.5 Å². The van der Waals surface area contributed by atoms with Crippen molar-refractivity contribution in [3.05, 3.63) is 55.6 Å². The van der Waals surface area contributed by atoms with Crippen molar-refractivity contribution in [1.29, 1.82) is 0 Å². The molecule has 0 aliphatic rings. The summed E-state index contributed by atoms with van der Waals surface area (Å²) in [5.74, 6) is 5.62. The molecular weight excluding hydrogens is 320 g/mol. The van der Waals surface area contributed by atoms with Crippen LogP contribution >= 0.6 is 38.9 Å². The molecule has 0 radical (unpaired) electrons. The molecule has 1 aromatic carbocycles. The number of hydrogen-bond acceptors (Lipinski definition) is 3. The van der Waals surface area contributed by atoms with Gasteiger partial charge in [0.25, 0.3) is 0 Å². The third-order valence-corrected chi connectivity index (χ3v) is 4.62. The molecule has 1 atom stereocenters. The van der Waals surface area contributed by atoms with Crippen LogP contribution in [0.25, 0.3) is 0 Å². The molecule has 1 heterocycles. The molecule has 0 aliphatic carbocycles. The zero-order valence-corrected chi connectivity index (χ0v) is 12.1. The molecule has 1 aromatic heterocycles. The highest BCUT2D eigenvalue weighted by Gasteiger charge is 2.15. The minimum absolute atomic E-state index is 0.0228. The summed E-state index contributed by atoms with van der Waals surface area (Å²) in [6.07, 6.45) is 0.830. The van der Waals surface area contributed by atoms with Gasteiger partial charge < -0.3 is 0 Å². The van der Waals surface area contributed by atoms with E-state index >= 15 is 0 Å². The van der Waals surface area contributed by atoms with Gasteiger partial charge in [-0.25, -0.2) is 0 Å². The van der Waals surface area contributed by atoms with Gasteiger partial charge in [-0.2, -0.15) is 11.3 Å². The average Bonchev–Trinajstić information content (AvgIpc) is 2.83. The van der Waals surface area contributed by atoms with Crippen LogP contribution in [0.3, 0.4) is 0 Å². The van der Waals surface area contributed by atoms with E-state index < -0.39 is 0 Å². The molecule has 0 fully saturated rings. The van der Waals surface area contributed by atoms with Crippen molar-refractivity contribution in [1.82, 2.24) is 5.43 Å². The molecule has 2 rings (SSSR count). The first-order chi connectivity index (χ1) is 8.22. The average molecular weight is 332 g/mol. The lowest BCUT2D eigenvalue weighted by atomic mass is 10.0. The quantitative estimate of drug-likeness (QED) is 0.658. The third-order valence-electron chi connectivity index (χ3n) is 2.58. The fraction of sp³-hybridized carbons (Fsp3) is 0.167. The second-order valence-electron chi connectivity index (χ2n) is 3.70. The number of halogens is 2. The molecule has 90 valence electrons. The van der Waals surface area contributed by atoms with Gasteiger partial charge in [-0.3, -0.25) is 11.3 Å². The van der Waals surface area contributed by atoms with E-state index in [-0.39, 0.29) is 6.04 Å². The first-order valence-electron chi connectivity index (χ1n) is 5.13. The molecule has 2 aromatic rings. The maximum atomic E-state index is 6.27. The van der Waals surface area contributed by atoms with Gasteiger partial charge in [0.2, 0.25) is 0 Å². The predicted molar refractivity (Wildman–Crippen MR) is 77.2 cm³/mol. The van der Waals surface area contributed by atoms with Crippen molar-refractivity contribution in [3.8, 4) is 0 Å². The van der Waals surface area contributed by atoms with Crippen molar-refractivity contribution < 1.29 is 0 Å². The molecule has 1 unspecified atom stereocenters. The Balaban J connectivity index is 2.26. The zero-order chi connectivity index (χ0) is 12.3. The summed E-state index contributed by atoms with van der Waals surface area (Å²) in [6.45, 7) is 0. The van der Waals surface area contributed by atoms with Gasteiger partial charge >= 0.3 is 0 Å². The SMILES string of the molecule is NNC(Cc1ccsc1)c1cccc(Br)c1Cl. The van der Waals surface area contributed by atoms with Crippen molar-refractivity contribution in [2.75, 3.05) is 0 Å².